The van der Waals surface area contributed by atoms with Crippen molar-refractivity contribution in [3.8, 4) is 17.1 Å². The van der Waals surface area contributed by atoms with Crippen molar-refractivity contribution >= 4 is 0 Å². The van der Waals surface area contributed by atoms with E-state index in [2.05, 4.69) is 10.3 Å². The largest absolute Gasteiger partial charge is 0.496 e. The van der Waals surface area contributed by atoms with Gasteiger partial charge in [0.05, 0.1) is 12.7 Å². The minimum absolute atomic E-state index is 0.671. The van der Waals surface area contributed by atoms with Crippen LogP contribution in [-0.4, -0.2) is 19.1 Å². The SMILES string of the molecule is CNCc1ncoc1-c1ccccc1OC. The third kappa shape index (κ3) is 1.92. The molecule has 2 rings (SSSR count). The van der Waals surface area contributed by atoms with E-state index < -0.39 is 0 Å². The molecule has 0 atom stereocenters. The summed E-state index contributed by atoms with van der Waals surface area (Å²) >= 11 is 0. The second kappa shape index (κ2) is 4.81. The first kappa shape index (κ1) is 10.7. The first-order chi connectivity index (χ1) is 7.86. The Morgan fingerprint density at radius 3 is 2.94 bits per heavy atom. The summed E-state index contributed by atoms with van der Waals surface area (Å²) < 4.78 is 10.7. The lowest BCUT2D eigenvalue weighted by Crippen LogP contribution is -2.06. The zero-order valence-corrected chi connectivity index (χ0v) is 9.36. The Balaban J connectivity index is 2.45. The average Bonchev–Trinajstić information content (AvgIpc) is 2.77. The van der Waals surface area contributed by atoms with Crippen LogP contribution < -0.4 is 10.1 Å². The number of hydrogen-bond donors (Lipinski definition) is 1. The predicted octanol–water partition coefficient (Wildman–Crippen LogP) is 2.07. The van der Waals surface area contributed by atoms with Gasteiger partial charge in [-0.2, -0.15) is 0 Å². The van der Waals surface area contributed by atoms with Crippen molar-refractivity contribution in [2.24, 2.45) is 0 Å². The third-order valence-electron chi connectivity index (χ3n) is 2.34. The van der Waals surface area contributed by atoms with Gasteiger partial charge in [-0.25, -0.2) is 4.98 Å². The summed E-state index contributed by atoms with van der Waals surface area (Å²) in [6, 6.07) is 7.74. The van der Waals surface area contributed by atoms with Crippen molar-refractivity contribution in [1.29, 1.82) is 0 Å². The van der Waals surface area contributed by atoms with Crippen LogP contribution in [0.3, 0.4) is 0 Å². The number of para-hydroxylation sites is 1. The van der Waals surface area contributed by atoms with Gasteiger partial charge in [0, 0.05) is 6.54 Å². The highest BCUT2D eigenvalue weighted by Crippen LogP contribution is 2.31. The molecule has 1 aromatic heterocycles. The van der Waals surface area contributed by atoms with Crippen LogP contribution in [0.2, 0.25) is 0 Å². The molecule has 4 nitrogen and oxygen atoms in total. The van der Waals surface area contributed by atoms with Gasteiger partial charge >= 0.3 is 0 Å². The van der Waals surface area contributed by atoms with E-state index in [1.54, 1.807) is 7.11 Å². The van der Waals surface area contributed by atoms with E-state index in [9.17, 15) is 0 Å². The van der Waals surface area contributed by atoms with Crippen LogP contribution in [0.25, 0.3) is 11.3 Å². The van der Waals surface area contributed by atoms with Crippen LogP contribution in [0.15, 0.2) is 35.1 Å². The number of oxazole rings is 1. The highest BCUT2D eigenvalue weighted by Gasteiger charge is 2.13. The highest BCUT2D eigenvalue weighted by molar-refractivity contribution is 5.67. The van der Waals surface area contributed by atoms with Crippen LogP contribution in [0.4, 0.5) is 0 Å². The summed E-state index contributed by atoms with van der Waals surface area (Å²) in [4.78, 5) is 4.17. The number of ether oxygens (including phenoxy) is 1. The van der Waals surface area contributed by atoms with Crippen molar-refractivity contribution in [2.75, 3.05) is 14.2 Å². The molecule has 0 saturated heterocycles. The van der Waals surface area contributed by atoms with Crippen LogP contribution >= 0.6 is 0 Å². The lowest BCUT2D eigenvalue weighted by atomic mass is 10.1. The molecule has 2 aromatic rings. The number of nitrogens with zero attached hydrogens (tertiary/aromatic N) is 1. The van der Waals surface area contributed by atoms with Crippen molar-refractivity contribution in [1.82, 2.24) is 10.3 Å². The van der Waals surface area contributed by atoms with Crippen molar-refractivity contribution in [2.45, 2.75) is 6.54 Å². The third-order valence-corrected chi connectivity index (χ3v) is 2.34. The lowest BCUT2D eigenvalue weighted by molar-refractivity contribution is 0.414. The van der Waals surface area contributed by atoms with Gasteiger partial charge in [-0.3, -0.25) is 0 Å². The molecule has 1 heterocycles. The van der Waals surface area contributed by atoms with E-state index in [1.165, 1.54) is 6.39 Å². The molecular weight excluding hydrogens is 204 g/mol. The van der Waals surface area contributed by atoms with Crippen molar-refractivity contribution in [3.05, 3.63) is 36.4 Å². The van der Waals surface area contributed by atoms with Gasteiger partial charge in [0.15, 0.2) is 12.2 Å². The van der Waals surface area contributed by atoms with E-state index in [4.69, 9.17) is 9.15 Å². The molecule has 84 valence electrons. The Kier molecular flexibility index (Phi) is 3.22. The molecular formula is C12H14N2O2. The van der Waals surface area contributed by atoms with Gasteiger partial charge in [0.25, 0.3) is 0 Å². The van der Waals surface area contributed by atoms with Gasteiger partial charge in [0.2, 0.25) is 0 Å². The van der Waals surface area contributed by atoms with E-state index in [0.29, 0.717) is 6.54 Å². The standard InChI is InChI=1S/C12H14N2O2/c1-13-7-10-12(16-8-14-10)9-5-3-4-6-11(9)15-2/h3-6,8,13H,7H2,1-2H3. The first-order valence-corrected chi connectivity index (χ1v) is 5.07. The normalized spacial score (nSPS) is 10.4. The molecule has 0 unspecified atom stereocenters. The number of methoxy groups -OCH3 is 1. The second-order valence-electron chi connectivity index (χ2n) is 3.36. The molecule has 0 aliphatic rings. The summed E-state index contributed by atoms with van der Waals surface area (Å²) in [5.74, 6) is 1.54. The van der Waals surface area contributed by atoms with Crippen LogP contribution in [-0.2, 0) is 6.54 Å². The molecule has 0 radical (unpaired) electrons. The minimum Gasteiger partial charge on any atom is -0.496 e. The molecule has 4 heteroatoms. The van der Waals surface area contributed by atoms with E-state index >= 15 is 0 Å². The zero-order chi connectivity index (χ0) is 11.4. The molecule has 0 aliphatic carbocycles. The Hall–Kier alpha value is -1.81. The fourth-order valence-electron chi connectivity index (χ4n) is 1.61. The maximum Gasteiger partial charge on any atom is 0.181 e. The van der Waals surface area contributed by atoms with Gasteiger partial charge < -0.3 is 14.5 Å². The fraction of sp³-hybridized carbons (Fsp3) is 0.250. The number of nitrogens with one attached hydrogen (secondary N) is 1. The predicted molar refractivity (Wildman–Crippen MR) is 61.3 cm³/mol. The summed E-state index contributed by atoms with van der Waals surface area (Å²) in [6.07, 6.45) is 1.45. The summed E-state index contributed by atoms with van der Waals surface area (Å²) in [6.45, 7) is 0.671. The fourth-order valence-corrected chi connectivity index (χ4v) is 1.61. The maximum absolute atomic E-state index is 5.41. The quantitative estimate of drug-likeness (QED) is 0.853. The highest BCUT2D eigenvalue weighted by atomic mass is 16.5. The number of aromatic nitrogens is 1. The van der Waals surface area contributed by atoms with Crippen molar-refractivity contribution in [3.63, 3.8) is 0 Å². The van der Waals surface area contributed by atoms with E-state index in [1.807, 2.05) is 31.3 Å². The summed E-state index contributed by atoms with van der Waals surface area (Å²) in [5, 5.41) is 3.05. The Bertz CT molecular complexity index is 466. The molecule has 1 aromatic carbocycles. The van der Waals surface area contributed by atoms with Crippen LogP contribution in [0.1, 0.15) is 5.69 Å². The zero-order valence-electron chi connectivity index (χ0n) is 9.36. The average molecular weight is 218 g/mol. The van der Waals surface area contributed by atoms with Crippen LogP contribution in [0, 0.1) is 0 Å². The van der Waals surface area contributed by atoms with Gasteiger partial charge in [-0.1, -0.05) is 12.1 Å². The number of rotatable bonds is 4. The maximum atomic E-state index is 5.41. The smallest absolute Gasteiger partial charge is 0.181 e. The number of hydrogen-bond acceptors (Lipinski definition) is 4. The second-order valence-corrected chi connectivity index (χ2v) is 3.36. The number of benzene rings is 1. The molecule has 16 heavy (non-hydrogen) atoms. The molecule has 0 bridgehead atoms. The van der Waals surface area contributed by atoms with E-state index in [0.717, 1.165) is 22.8 Å². The molecule has 0 aliphatic heterocycles. The molecule has 1 N–H and O–H groups in total. The monoisotopic (exact) mass is 218 g/mol. The minimum atomic E-state index is 0.671. The molecule has 0 amide bonds. The van der Waals surface area contributed by atoms with Crippen LogP contribution in [0.5, 0.6) is 5.75 Å². The summed E-state index contributed by atoms with van der Waals surface area (Å²) in [7, 11) is 3.52. The van der Waals surface area contributed by atoms with E-state index in [-0.39, 0.29) is 0 Å². The van der Waals surface area contributed by atoms with Gasteiger partial charge in [-0.15, -0.1) is 0 Å². The van der Waals surface area contributed by atoms with Crippen molar-refractivity contribution < 1.29 is 9.15 Å². The molecule has 0 spiro atoms. The summed E-state index contributed by atoms with van der Waals surface area (Å²) in [5.41, 5.74) is 1.81. The van der Waals surface area contributed by atoms with Gasteiger partial charge in [-0.05, 0) is 19.2 Å². The topological polar surface area (TPSA) is 47.3 Å². The lowest BCUT2D eigenvalue weighted by Gasteiger charge is -2.06. The molecule has 0 saturated carbocycles. The Labute approximate surface area is 94.3 Å². The Morgan fingerprint density at radius 1 is 1.38 bits per heavy atom. The Morgan fingerprint density at radius 2 is 2.19 bits per heavy atom. The van der Waals surface area contributed by atoms with Gasteiger partial charge in [0.1, 0.15) is 11.4 Å². The first-order valence-electron chi connectivity index (χ1n) is 5.07. The molecule has 0 fully saturated rings.